The van der Waals surface area contributed by atoms with Crippen molar-refractivity contribution in [3.05, 3.63) is 59.9 Å². The molecule has 0 bridgehead atoms. The van der Waals surface area contributed by atoms with Gasteiger partial charge in [0.2, 0.25) is 5.95 Å². The molecule has 3 aromatic rings. The zero-order valence-electron chi connectivity index (χ0n) is 28.4. The Morgan fingerprint density at radius 2 is 1.89 bits per heavy atom. The van der Waals surface area contributed by atoms with Gasteiger partial charge in [0.25, 0.3) is 0 Å². The molecular weight excluding hydrogens is 611 g/mol. The van der Waals surface area contributed by atoms with Gasteiger partial charge < -0.3 is 41.4 Å². The summed E-state index contributed by atoms with van der Waals surface area (Å²) >= 11 is 0. The third kappa shape index (κ3) is 8.37. The van der Waals surface area contributed by atoms with E-state index in [0.717, 1.165) is 79.1 Å². The number of rotatable bonds is 15. The van der Waals surface area contributed by atoms with Gasteiger partial charge >= 0.3 is 0 Å². The van der Waals surface area contributed by atoms with Crippen molar-refractivity contribution < 1.29 is 9.30 Å². The largest absolute Gasteiger partial charge is 0.494 e. The number of hydrazine groups is 2. The number of anilines is 5. The number of unbranched alkanes of at least 4 members (excludes halogenated alkanes) is 1. The van der Waals surface area contributed by atoms with E-state index >= 15 is 0 Å². The number of hydrogen-bond acceptors (Lipinski definition) is 12. The molecular formula is C34H51N10O2P. The molecule has 12 nitrogen and oxygen atoms in total. The van der Waals surface area contributed by atoms with Crippen molar-refractivity contribution in [1.82, 2.24) is 31.3 Å². The number of para-hydroxylation sites is 1. The summed E-state index contributed by atoms with van der Waals surface area (Å²) in [6.07, 6.45) is 9.09. The van der Waals surface area contributed by atoms with Gasteiger partial charge in [-0.15, -0.1) is 0 Å². The first-order chi connectivity index (χ1) is 22.7. The van der Waals surface area contributed by atoms with Crippen molar-refractivity contribution in [1.29, 1.82) is 0 Å². The Morgan fingerprint density at radius 3 is 2.55 bits per heavy atom. The first-order valence-electron chi connectivity index (χ1n) is 16.7. The van der Waals surface area contributed by atoms with Crippen LogP contribution in [0.4, 0.5) is 28.8 Å². The van der Waals surface area contributed by atoms with E-state index in [9.17, 15) is 4.57 Å². The molecule has 1 saturated heterocycles. The number of aryl methyl sites for hydroxylation is 1. The van der Waals surface area contributed by atoms with Gasteiger partial charge in [0.15, 0.2) is 0 Å². The van der Waals surface area contributed by atoms with Gasteiger partial charge in [-0.3, -0.25) is 4.90 Å². The van der Waals surface area contributed by atoms with Crippen LogP contribution in [0, 0.1) is 0 Å². The average Bonchev–Trinajstić information content (AvgIpc) is 3.61. The van der Waals surface area contributed by atoms with Gasteiger partial charge in [0.1, 0.15) is 18.7 Å². The number of benzene rings is 2. The van der Waals surface area contributed by atoms with E-state index in [2.05, 4.69) is 67.8 Å². The van der Waals surface area contributed by atoms with Gasteiger partial charge in [-0.05, 0) is 69.3 Å². The van der Waals surface area contributed by atoms with Crippen LogP contribution in [0.25, 0.3) is 5.70 Å². The molecule has 0 unspecified atom stereocenters. The second-order valence-electron chi connectivity index (χ2n) is 12.5. The summed E-state index contributed by atoms with van der Waals surface area (Å²) in [4.78, 5) is 14.7. The van der Waals surface area contributed by atoms with E-state index in [0.29, 0.717) is 24.4 Å². The summed E-state index contributed by atoms with van der Waals surface area (Å²) < 4.78 is 19.0. The highest BCUT2D eigenvalue weighted by Gasteiger charge is 2.26. The summed E-state index contributed by atoms with van der Waals surface area (Å²) in [5.74, 6) is 1.70. The van der Waals surface area contributed by atoms with Crippen molar-refractivity contribution in [2.75, 3.05) is 68.7 Å². The first-order valence-corrected chi connectivity index (χ1v) is 19.3. The average molecular weight is 663 g/mol. The fourth-order valence-electron chi connectivity index (χ4n) is 6.36. The van der Waals surface area contributed by atoms with Crippen LogP contribution < -0.4 is 47.7 Å². The van der Waals surface area contributed by atoms with Crippen molar-refractivity contribution in [2.45, 2.75) is 52.0 Å². The molecule has 2 aliphatic rings. The highest BCUT2D eigenvalue weighted by Crippen LogP contribution is 2.40. The number of piperidine rings is 1. The topological polar surface area (TPSA) is 145 Å². The molecule has 0 amide bonds. The van der Waals surface area contributed by atoms with E-state index in [4.69, 9.17) is 15.5 Å². The molecule has 0 radical (unpaired) electrons. The van der Waals surface area contributed by atoms with E-state index in [1.165, 1.54) is 24.1 Å². The predicted octanol–water partition coefficient (Wildman–Crippen LogP) is 4.72. The maximum Gasteiger partial charge on any atom is 0.229 e. The highest BCUT2D eigenvalue weighted by atomic mass is 31.2. The van der Waals surface area contributed by atoms with E-state index in [1.807, 2.05) is 24.3 Å². The number of nitrogens with zero attached hydrogens (tertiary/aromatic N) is 4. The minimum Gasteiger partial charge on any atom is -0.494 e. The fourth-order valence-corrected chi connectivity index (χ4v) is 7.51. The minimum atomic E-state index is -2.56. The third-order valence-electron chi connectivity index (χ3n) is 8.87. The summed E-state index contributed by atoms with van der Waals surface area (Å²) in [5.41, 5.74) is 20.3. The quantitative estimate of drug-likeness (QED) is 0.125. The van der Waals surface area contributed by atoms with Crippen LogP contribution in [0.15, 0.2) is 48.8 Å². The Kier molecular flexibility index (Phi) is 11.6. The molecule has 2 aliphatic heterocycles. The molecule has 3 heterocycles. The van der Waals surface area contributed by atoms with Crippen molar-refractivity contribution in [3.8, 4) is 5.75 Å². The van der Waals surface area contributed by atoms with Crippen molar-refractivity contribution in [2.24, 2.45) is 5.73 Å². The van der Waals surface area contributed by atoms with Crippen LogP contribution in [-0.2, 0) is 11.0 Å². The number of nitrogens with two attached hydrogens (primary N) is 1. The van der Waals surface area contributed by atoms with Crippen LogP contribution >= 0.6 is 7.14 Å². The lowest BCUT2D eigenvalue weighted by atomic mass is 9.99. The molecule has 0 aliphatic carbocycles. The van der Waals surface area contributed by atoms with E-state index in [1.54, 1.807) is 32.8 Å². The van der Waals surface area contributed by atoms with E-state index < -0.39 is 7.14 Å². The molecule has 13 heteroatoms. The summed E-state index contributed by atoms with van der Waals surface area (Å²) in [6.45, 7) is 12.8. The summed E-state index contributed by atoms with van der Waals surface area (Å²) in [6, 6.07) is 12.5. The summed E-state index contributed by atoms with van der Waals surface area (Å²) in [5, 5.41) is 7.61. The number of ether oxygens (including phenoxy) is 1. The number of methoxy groups -OCH3 is 1. The number of nitrogens with one attached hydrogen (secondary N) is 5. The second-order valence-corrected chi connectivity index (χ2v) is 15.6. The minimum absolute atomic E-state index is 0.408. The van der Waals surface area contributed by atoms with Gasteiger partial charge in [0, 0.05) is 61.7 Å². The zero-order valence-corrected chi connectivity index (χ0v) is 29.3. The first kappa shape index (κ1) is 34.5. The van der Waals surface area contributed by atoms with Crippen LogP contribution in [0.5, 0.6) is 5.75 Å². The normalized spacial score (nSPS) is 15.3. The highest BCUT2D eigenvalue weighted by molar-refractivity contribution is 7.70. The Bertz CT molecular complexity index is 1590. The van der Waals surface area contributed by atoms with Gasteiger partial charge in [-0.1, -0.05) is 32.4 Å². The molecule has 254 valence electrons. The van der Waals surface area contributed by atoms with Gasteiger partial charge in [-0.2, -0.15) is 10.5 Å². The lowest BCUT2D eigenvalue weighted by Gasteiger charge is -2.40. The molecule has 0 atom stereocenters. The fraction of sp³-hybridized carbons (Fsp3) is 0.471. The molecule has 0 saturated carbocycles. The van der Waals surface area contributed by atoms with Crippen molar-refractivity contribution >= 4 is 47.0 Å². The Hall–Kier alpha value is -3.83. The van der Waals surface area contributed by atoms with Gasteiger partial charge in [0.05, 0.1) is 29.7 Å². The maximum atomic E-state index is 13.1. The lowest BCUT2D eigenvalue weighted by molar-refractivity contribution is 0.171. The van der Waals surface area contributed by atoms with Crippen LogP contribution in [0.1, 0.15) is 50.7 Å². The van der Waals surface area contributed by atoms with Crippen LogP contribution in [0.3, 0.4) is 0 Å². The van der Waals surface area contributed by atoms with Gasteiger partial charge in [-0.25, -0.2) is 4.98 Å². The SMILES string of the molecule is CCCCN(CCN)C1CCN(c2cc(OC)c(Nc3ncc(C4=CNNN4)c(Nc4ccccc4P(C)(C)=O)n3)cc2CC)CC1. The predicted molar refractivity (Wildman–Crippen MR) is 195 cm³/mol. The number of hydrogen-bond donors (Lipinski definition) is 6. The molecule has 47 heavy (non-hydrogen) atoms. The molecule has 0 spiro atoms. The third-order valence-corrected chi connectivity index (χ3v) is 10.4. The maximum absolute atomic E-state index is 13.1. The smallest absolute Gasteiger partial charge is 0.229 e. The van der Waals surface area contributed by atoms with Crippen LogP contribution in [0.2, 0.25) is 0 Å². The van der Waals surface area contributed by atoms with Crippen LogP contribution in [-0.4, -0.2) is 74.1 Å². The summed E-state index contributed by atoms with van der Waals surface area (Å²) in [7, 11) is -0.862. The molecule has 7 N–H and O–H groups in total. The monoisotopic (exact) mass is 662 g/mol. The zero-order chi connectivity index (χ0) is 33.4. The van der Waals surface area contributed by atoms with E-state index in [-0.39, 0.29) is 0 Å². The molecule has 5 rings (SSSR count). The van der Waals surface area contributed by atoms with Crippen molar-refractivity contribution in [3.63, 3.8) is 0 Å². The molecule has 1 fully saturated rings. The standard InChI is InChI=1S/C34H51N10O2P/c1-6-8-16-43(19-15-35)25-13-17-44(18-14-25)30-21-31(46-3)28(20-24(30)7-2)39-34-36-22-26(29-23-37-42-41-29)33(40-34)38-27-11-9-10-12-32(27)47(4,5)45/h9-12,20-23,25,37,41-42H,6-8,13-19,35H2,1-5H3,(H2,36,38,39,40). The molecule has 1 aromatic heterocycles. The molecule has 2 aromatic carbocycles. The Morgan fingerprint density at radius 1 is 1.11 bits per heavy atom. The Balaban J connectivity index is 1.40. The number of aromatic nitrogens is 2. The second kappa shape index (κ2) is 15.8. The Labute approximate surface area is 279 Å². The lowest BCUT2D eigenvalue weighted by Crippen LogP contribution is -2.47.